The van der Waals surface area contributed by atoms with E-state index in [-0.39, 0.29) is 52.2 Å². The molecule has 2 rings (SSSR count). The van der Waals surface area contributed by atoms with Gasteiger partial charge >= 0.3 is 11.9 Å². The predicted molar refractivity (Wildman–Crippen MR) is 161 cm³/mol. The van der Waals surface area contributed by atoms with Gasteiger partial charge in [0.15, 0.2) is 23.0 Å². The summed E-state index contributed by atoms with van der Waals surface area (Å²) in [7, 11) is 2.73. The molecule has 10 nitrogen and oxygen atoms in total. The van der Waals surface area contributed by atoms with E-state index >= 15 is 0 Å². The molecule has 2 aromatic rings. The number of phenolic OH excluding ortho intramolecular Hbond substituents is 4. The van der Waals surface area contributed by atoms with E-state index < -0.39 is 22.8 Å². The van der Waals surface area contributed by atoms with Gasteiger partial charge in [0.25, 0.3) is 0 Å². The maximum absolute atomic E-state index is 12.4. The van der Waals surface area contributed by atoms with E-state index in [9.17, 15) is 30.0 Å². The first-order valence-corrected chi connectivity index (χ1v) is 13.9. The molecule has 42 heavy (non-hydrogen) atoms. The molecule has 0 amide bonds. The first-order chi connectivity index (χ1) is 19.3. The van der Waals surface area contributed by atoms with Crippen molar-refractivity contribution in [3.63, 3.8) is 0 Å². The molecule has 0 saturated carbocycles. The molecule has 0 aromatic heterocycles. The number of hydrogen-bond acceptors (Lipinski definition) is 10. The van der Waals surface area contributed by atoms with E-state index in [2.05, 4.69) is 0 Å². The Balaban J connectivity index is 0.000000420. The maximum atomic E-state index is 12.4. The smallest absolute Gasteiger partial charge is 0.338 e. The number of carbonyl (C=O) groups excluding carboxylic acids is 2. The van der Waals surface area contributed by atoms with E-state index in [1.54, 1.807) is 13.8 Å². The Morgan fingerprint density at radius 1 is 0.595 bits per heavy atom. The number of hydrogen-bond donors (Lipinski definition) is 4. The summed E-state index contributed by atoms with van der Waals surface area (Å²) in [5.41, 5.74) is 0.967. The summed E-state index contributed by atoms with van der Waals surface area (Å²) in [6, 6.07) is 0. The zero-order valence-corrected chi connectivity index (χ0v) is 27.1. The lowest BCUT2D eigenvalue weighted by Crippen LogP contribution is -2.20. The zero-order chi connectivity index (χ0) is 32.7. The van der Waals surface area contributed by atoms with Crippen LogP contribution in [0, 0.1) is 13.8 Å². The fourth-order valence-electron chi connectivity index (χ4n) is 4.59. The standard InChI is InChI=1S/2C16H24O5/c1-7-8-21-15(19)10-9(2)14(20-6)13(18)12(17)11(10)16(3,4)5;1-7-8-21-15(19)10-9(2)12(17)14(20-6)13(18)11(10)16(3,4)5/h2*17-18H,7-8H2,1-6H3. The first-order valence-electron chi connectivity index (χ1n) is 13.9. The first kappa shape index (κ1) is 36.2. The summed E-state index contributed by atoms with van der Waals surface area (Å²) in [5.74, 6) is -2.17. The molecule has 2 aromatic carbocycles. The van der Waals surface area contributed by atoms with Crippen LogP contribution in [-0.2, 0) is 20.3 Å². The average Bonchev–Trinajstić information content (AvgIpc) is 2.89. The summed E-state index contributed by atoms with van der Waals surface area (Å²) in [5, 5.41) is 40.9. The highest BCUT2D eigenvalue weighted by Crippen LogP contribution is 2.49. The molecule has 0 spiro atoms. The molecular formula is C32H48O10. The molecule has 0 fully saturated rings. The molecule has 10 heteroatoms. The van der Waals surface area contributed by atoms with Gasteiger partial charge in [-0.2, -0.15) is 0 Å². The molecule has 0 saturated heterocycles. The number of esters is 2. The number of phenols is 4. The van der Waals surface area contributed by atoms with Crippen molar-refractivity contribution in [1.29, 1.82) is 0 Å². The predicted octanol–water partition coefficient (Wildman–Crippen LogP) is 6.56. The van der Waals surface area contributed by atoms with E-state index in [1.807, 2.05) is 55.4 Å². The van der Waals surface area contributed by atoms with Gasteiger partial charge in [-0.15, -0.1) is 0 Å². The Hall–Kier alpha value is -3.82. The minimum absolute atomic E-state index is 0.0236. The van der Waals surface area contributed by atoms with Crippen molar-refractivity contribution >= 4 is 11.9 Å². The maximum Gasteiger partial charge on any atom is 0.338 e. The summed E-state index contributed by atoms with van der Waals surface area (Å²) in [6.45, 7) is 18.8. The Bertz CT molecular complexity index is 1280. The third-order valence-corrected chi connectivity index (χ3v) is 6.48. The second-order valence-corrected chi connectivity index (χ2v) is 12.0. The molecule has 4 N–H and O–H groups in total. The van der Waals surface area contributed by atoms with Crippen LogP contribution in [0.2, 0.25) is 0 Å². The Kier molecular flexibility index (Phi) is 12.4. The van der Waals surface area contributed by atoms with E-state index in [4.69, 9.17) is 18.9 Å². The number of ether oxygens (including phenoxy) is 4. The zero-order valence-electron chi connectivity index (χ0n) is 27.1. The van der Waals surface area contributed by atoms with Crippen LogP contribution < -0.4 is 9.47 Å². The van der Waals surface area contributed by atoms with Gasteiger partial charge in [-0.25, -0.2) is 9.59 Å². The Labute approximate surface area is 249 Å². The van der Waals surface area contributed by atoms with Crippen LogP contribution in [0.1, 0.15) is 111 Å². The van der Waals surface area contributed by atoms with Gasteiger partial charge < -0.3 is 39.4 Å². The quantitative estimate of drug-likeness (QED) is 0.196. The second-order valence-electron chi connectivity index (χ2n) is 12.0. The van der Waals surface area contributed by atoms with Crippen molar-refractivity contribution in [3.8, 4) is 34.5 Å². The number of benzene rings is 2. The van der Waals surface area contributed by atoms with Gasteiger partial charge in [-0.3, -0.25) is 0 Å². The average molecular weight is 593 g/mol. The third-order valence-electron chi connectivity index (χ3n) is 6.48. The van der Waals surface area contributed by atoms with E-state index in [0.29, 0.717) is 41.7 Å². The van der Waals surface area contributed by atoms with Crippen LogP contribution in [0.4, 0.5) is 0 Å². The number of rotatable bonds is 8. The Morgan fingerprint density at radius 2 is 0.976 bits per heavy atom. The highest BCUT2D eigenvalue weighted by atomic mass is 16.5. The minimum Gasteiger partial charge on any atom is -0.504 e. The van der Waals surface area contributed by atoms with Crippen LogP contribution in [0.5, 0.6) is 34.5 Å². The lowest BCUT2D eigenvalue weighted by atomic mass is 9.81. The normalized spacial score (nSPS) is 11.3. The van der Waals surface area contributed by atoms with Crippen LogP contribution in [0.3, 0.4) is 0 Å². The molecule has 0 aliphatic carbocycles. The third kappa shape index (κ3) is 7.72. The summed E-state index contributed by atoms with van der Waals surface area (Å²) in [4.78, 5) is 24.7. The lowest BCUT2D eigenvalue weighted by Gasteiger charge is -2.26. The Morgan fingerprint density at radius 3 is 1.33 bits per heavy atom. The van der Waals surface area contributed by atoms with Crippen molar-refractivity contribution in [2.75, 3.05) is 27.4 Å². The molecule has 0 bridgehead atoms. The van der Waals surface area contributed by atoms with Crippen molar-refractivity contribution < 1.29 is 49.0 Å². The molecule has 236 valence electrons. The van der Waals surface area contributed by atoms with E-state index in [0.717, 1.165) is 0 Å². The van der Waals surface area contributed by atoms with Gasteiger partial charge in [0, 0.05) is 22.3 Å². The molecule has 0 aliphatic rings. The number of aromatic hydroxyl groups is 4. The lowest BCUT2D eigenvalue weighted by molar-refractivity contribution is 0.0491. The SMILES string of the molecule is CCCOC(=O)c1c(C)c(O)c(OC)c(O)c1C(C)(C)C.CCCOC(=O)c1c(C)c(OC)c(O)c(O)c1C(C)(C)C. The van der Waals surface area contributed by atoms with Crippen molar-refractivity contribution in [2.24, 2.45) is 0 Å². The van der Waals surface area contributed by atoms with Crippen molar-refractivity contribution in [2.45, 2.75) is 92.9 Å². The van der Waals surface area contributed by atoms with Gasteiger partial charge in [0.05, 0.1) is 38.6 Å². The molecular weight excluding hydrogens is 544 g/mol. The highest BCUT2D eigenvalue weighted by molar-refractivity contribution is 5.96. The van der Waals surface area contributed by atoms with Crippen molar-refractivity contribution in [1.82, 2.24) is 0 Å². The van der Waals surface area contributed by atoms with Gasteiger partial charge in [0.1, 0.15) is 0 Å². The summed E-state index contributed by atoms with van der Waals surface area (Å²) >= 11 is 0. The molecule has 0 unspecified atom stereocenters. The summed E-state index contributed by atoms with van der Waals surface area (Å²) < 4.78 is 20.5. The summed E-state index contributed by atoms with van der Waals surface area (Å²) in [6.07, 6.45) is 1.40. The topological polar surface area (TPSA) is 152 Å². The largest absolute Gasteiger partial charge is 0.504 e. The fourth-order valence-corrected chi connectivity index (χ4v) is 4.59. The minimum atomic E-state index is -0.549. The molecule has 0 atom stereocenters. The van der Waals surface area contributed by atoms with Gasteiger partial charge in [-0.1, -0.05) is 55.4 Å². The molecule has 0 heterocycles. The van der Waals surface area contributed by atoms with Crippen LogP contribution >= 0.6 is 0 Å². The number of carbonyl (C=O) groups is 2. The molecule has 0 radical (unpaired) electrons. The fraction of sp³-hybridized carbons (Fsp3) is 0.562. The van der Waals surface area contributed by atoms with Crippen molar-refractivity contribution in [3.05, 3.63) is 33.4 Å². The second kappa shape index (κ2) is 14.4. The highest BCUT2D eigenvalue weighted by Gasteiger charge is 2.34. The van der Waals surface area contributed by atoms with Gasteiger partial charge in [-0.05, 0) is 37.5 Å². The monoisotopic (exact) mass is 592 g/mol. The van der Waals surface area contributed by atoms with Crippen LogP contribution in [-0.4, -0.2) is 59.8 Å². The van der Waals surface area contributed by atoms with Gasteiger partial charge in [0.2, 0.25) is 11.5 Å². The van der Waals surface area contributed by atoms with Crippen LogP contribution in [0.15, 0.2) is 0 Å². The van der Waals surface area contributed by atoms with E-state index in [1.165, 1.54) is 14.2 Å². The van der Waals surface area contributed by atoms with Crippen LogP contribution in [0.25, 0.3) is 0 Å². The number of methoxy groups -OCH3 is 2. The molecule has 0 aliphatic heterocycles.